The summed E-state index contributed by atoms with van der Waals surface area (Å²) in [5, 5.41) is 5.99. The van der Waals surface area contributed by atoms with E-state index in [0.717, 1.165) is 6.54 Å². The van der Waals surface area contributed by atoms with Crippen LogP contribution >= 0.6 is 0 Å². The van der Waals surface area contributed by atoms with Crippen LogP contribution in [0.15, 0.2) is 36.7 Å². The fourth-order valence-corrected chi connectivity index (χ4v) is 3.77. The number of pyridine rings is 1. The molecule has 1 aromatic heterocycles. The first kappa shape index (κ1) is 14.5. The van der Waals surface area contributed by atoms with Crippen molar-refractivity contribution in [3.05, 3.63) is 42.2 Å². The molecule has 2 heterocycles. The maximum atomic E-state index is 4.50. The third-order valence-electron chi connectivity index (χ3n) is 4.74. The van der Waals surface area contributed by atoms with E-state index in [-0.39, 0.29) is 0 Å². The highest BCUT2D eigenvalue weighted by Crippen LogP contribution is 2.36. The van der Waals surface area contributed by atoms with Gasteiger partial charge in [0.2, 0.25) is 0 Å². The Kier molecular flexibility index (Phi) is 4.51. The van der Waals surface area contributed by atoms with Gasteiger partial charge in [-0.15, -0.1) is 0 Å². The highest BCUT2D eigenvalue weighted by Gasteiger charge is 2.29. The van der Waals surface area contributed by atoms with Gasteiger partial charge in [-0.2, -0.15) is 0 Å². The predicted molar refractivity (Wildman–Crippen MR) is 88.4 cm³/mol. The lowest BCUT2D eigenvalue weighted by atomic mass is 9.88. The Morgan fingerprint density at radius 3 is 2.95 bits per heavy atom. The van der Waals surface area contributed by atoms with Crippen LogP contribution in [0.1, 0.15) is 30.9 Å². The fourth-order valence-electron chi connectivity index (χ4n) is 3.77. The lowest BCUT2D eigenvalue weighted by Gasteiger charge is -2.33. The summed E-state index contributed by atoms with van der Waals surface area (Å²) >= 11 is 0. The summed E-state index contributed by atoms with van der Waals surface area (Å²) in [6.45, 7) is 2.24. The summed E-state index contributed by atoms with van der Waals surface area (Å²) in [5.74, 6) is 0.648. The van der Waals surface area contributed by atoms with Crippen LogP contribution in [0.25, 0.3) is 10.8 Å². The van der Waals surface area contributed by atoms with Crippen LogP contribution in [-0.2, 0) is 0 Å². The minimum absolute atomic E-state index is 0.457. The summed E-state index contributed by atoms with van der Waals surface area (Å²) in [7, 11) is 4.32. The standard InChI is InChI=1S/C18H25N3/c1-19-11-15-8-5-6-10-21(2)18(15)17-13-20-12-14-7-3-4-9-16(14)17/h3-4,7,9,12-13,15,18-19H,5-6,8,10-11H2,1-2H3. The van der Waals surface area contributed by atoms with Crippen LogP contribution in [0.5, 0.6) is 0 Å². The maximum Gasteiger partial charge on any atom is 0.0406 e. The van der Waals surface area contributed by atoms with Gasteiger partial charge in [-0.3, -0.25) is 9.88 Å². The molecule has 1 N–H and O–H groups in total. The molecule has 0 aliphatic carbocycles. The molecule has 0 amide bonds. The van der Waals surface area contributed by atoms with E-state index < -0.39 is 0 Å². The van der Waals surface area contributed by atoms with Gasteiger partial charge < -0.3 is 5.32 Å². The van der Waals surface area contributed by atoms with Crippen molar-refractivity contribution in [2.75, 3.05) is 27.2 Å². The normalized spacial score (nSPS) is 24.1. The van der Waals surface area contributed by atoms with E-state index in [2.05, 4.69) is 59.8 Å². The van der Waals surface area contributed by atoms with Crippen molar-refractivity contribution < 1.29 is 0 Å². The van der Waals surface area contributed by atoms with Crippen molar-refractivity contribution in [1.82, 2.24) is 15.2 Å². The molecular formula is C18H25N3. The molecular weight excluding hydrogens is 258 g/mol. The lowest BCUT2D eigenvalue weighted by molar-refractivity contribution is 0.192. The molecule has 3 heteroatoms. The molecule has 0 radical (unpaired) electrons. The molecule has 2 unspecified atom stereocenters. The third-order valence-corrected chi connectivity index (χ3v) is 4.74. The number of nitrogens with zero attached hydrogens (tertiary/aromatic N) is 2. The number of hydrogen-bond donors (Lipinski definition) is 1. The minimum atomic E-state index is 0.457. The maximum absolute atomic E-state index is 4.50. The van der Waals surface area contributed by atoms with Crippen LogP contribution in [0.3, 0.4) is 0 Å². The predicted octanol–water partition coefficient (Wildman–Crippen LogP) is 3.23. The Hall–Kier alpha value is -1.45. The summed E-state index contributed by atoms with van der Waals surface area (Å²) < 4.78 is 0. The van der Waals surface area contributed by atoms with Crippen molar-refractivity contribution >= 4 is 10.8 Å². The third kappa shape index (κ3) is 2.94. The summed E-state index contributed by atoms with van der Waals surface area (Å²) in [4.78, 5) is 7.03. The van der Waals surface area contributed by atoms with Crippen molar-refractivity contribution in [2.24, 2.45) is 5.92 Å². The van der Waals surface area contributed by atoms with Crippen molar-refractivity contribution in [3.63, 3.8) is 0 Å². The van der Waals surface area contributed by atoms with E-state index in [1.54, 1.807) is 0 Å². The average molecular weight is 283 g/mol. The zero-order valence-electron chi connectivity index (χ0n) is 13.0. The summed E-state index contributed by atoms with van der Waals surface area (Å²) in [6, 6.07) is 9.08. The molecule has 112 valence electrons. The number of hydrogen-bond acceptors (Lipinski definition) is 3. The molecule has 0 saturated carbocycles. The van der Waals surface area contributed by atoms with Gasteiger partial charge in [-0.05, 0) is 56.9 Å². The second kappa shape index (κ2) is 6.54. The second-order valence-corrected chi connectivity index (χ2v) is 6.19. The van der Waals surface area contributed by atoms with Gasteiger partial charge in [0.05, 0.1) is 0 Å². The van der Waals surface area contributed by atoms with Crippen LogP contribution < -0.4 is 5.32 Å². The van der Waals surface area contributed by atoms with Crippen LogP contribution in [-0.4, -0.2) is 37.1 Å². The molecule has 0 spiro atoms. The highest BCUT2D eigenvalue weighted by atomic mass is 15.1. The van der Waals surface area contributed by atoms with Gasteiger partial charge >= 0.3 is 0 Å². The van der Waals surface area contributed by atoms with E-state index in [1.807, 2.05) is 6.20 Å². The smallest absolute Gasteiger partial charge is 0.0406 e. The van der Waals surface area contributed by atoms with E-state index in [9.17, 15) is 0 Å². The van der Waals surface area contributed by atoms with Crippen molar-refractivity contribution in [1.29, 1.82) is 0 Å². The van der Waals surface area contributed by atoms with Crippen molar-refractivity contribution in [3.8, 4) is 0 Å². The Bertz CT molecular complexity index is 591. The summed E-state index contributed by atoms with van der Waals surface area (Å²) in [6.07, 6.45) is 7.97. The zero-order valence-corrected chi connectivity index (χ0v) is 13.0. The van der Waals surface area contributed by atoms with E-state index >= 15 is 0 Å². The molecule has 2 atom stereocenters. The Morgan fingerprint density at radius 2 is 2.10 bits per heavy atom. The monoisotopic (exact) mass is 283 g/mol. The molecule has 2 aromatic rings. The molecule has 3 rings (SSSR count). The largest absolute Gasteiger partial charge is 0.319 e. The topological polar surface area (TPSA) is 28.2 Å². The first-order valence-electron chi connectivity index (χ1n) is 7.98. The number of fused-ring (bicyclic) bond motifs is 1. The second-order valence-electron chi connectivity index (χ2n) is 6.19. The molecule has 1 fully saturated rings. The molecule has 1 aromatic carbocycles. The Balaban J connectivity index is 2.07. The first-order chi connectivity index (χ1) is 10.3. The van der Waals surface area contributed by atoms with Gasteiger partial charge in [0.15, 0.2) is 0 Å². The van der Waals surface area contributed by atoms with Crippen LogP contribution in [0.4, 0.5) is 0 Å². The van der Waals surface area contributed by atoms with Gasteiger partial charge in [-0.25, -0.2) is 0 Å². The van der Waals surface area contributed by atoms with Gasteiger partial charge in [0.25, 0.3) is 0 Å². The first-order valence-corrected chi connectivity index (χ1v) is 7.98. The average Bonchev–Trinajstić information content (AvgIpc) is 2.69. The number of likely N-dealkylation sites (tertiary alicyclic amines) is 1. The zero-order chi connectivity index (χ0) is 14.7. The van der Waals surface area contributed by atoms with E-state index in [1.165, 1.54) is 42.1 Å². The number of aromatic nitrogens is 1. The number of rotatable bonds is 3. The Labute approximate surface area is 127 Å². The molecule has 1 aliphatic heterocycles. The highest BCUT2D eigenvalue weighted by molar-refractivity contribution is 5.85. The molecule has 1 aliphatic rings. The molecule has 1 saturated heterocycles. The van der Waals surface area contributed by atoms with Crippen LogP contribution in [0, 0.1) is 5.92 Å². The van der Waals surface area contributed by atoms with Gasteiger partial charge in [0, 0.05) is 23.8 Å². The summed E-state index contributed by atoms with van der Waals surface area (Å²) in [5.41, 5.74) is 1.39. The lowest BCUT2D eigenvalue weighted by Crippen LogP contribution is -2.34. The Morgan fingerprint density at radius 1 is 1.24 bits per heavy atom. The molecule has 0 bridgehead atoms. The van der Waals surface area contributed by atoms with Gasteiger partial charge in [0.1, 0.15) is 0 Å². The molecule has 3 nitrogen and oxygen atoms in total. The number of nitrogens with one attached hydrogen (secondary N) is 1. The van der Waals surface area contributed by atoms with Crippen LogP contribution in [0.2, 0.25) is 0 Å². The van der Waals surface area contributed by atoms with Crippen molar-refractivity contribution in [2.45, 2.75) is 25.3 Å². The van der Waals surface area contributed by atoms with E-state index in [0.29, 0.717) is 12.0 Å². The number of benzene rings is 1. The fraction of sp³-hybridized carbons (Fsp3) is 0.500. The quantitative estimate of drug-likeness (QED) is 0.937. The van der Waals surface area contributed by atoms with E-state index in [4.69, 9.17) is 0 Å². The van der Waals surface area contributed by atoms with Gasteiger partial charge in [-0.1, -0.05) is 30.7 Å². The SMILES string of the molecule is CNCC1CCCCN(C)C1c1cncc2ccccc12. The molecule has 21 heavy (non-hydrogen) atoms. The minimum Gasteiger partial charge on any atom is -0.319 e.